The number of carbonyl (C=O) groups is 2. The van der Waals surface area contributed by atoms with Crippen molar-refractivity contribution in [3.05, 3.63) is 48.5 Å². The summed E-state index contributed by atoms with van der Waals surface area (Å²) in [7, 11) is 3.96. The second-order valence-electron chi connectivity index (χ2n) is 8.09. The van der Waals surface area contributed by atoms with Crippen LogP contribution >= 0.6 is 11.3 Å². The number of benzene rings is 2. The number of fused-ring (bicyclic) bond motifs is 1. The van der Waals surface area contributed by atoms with Crippen molar-refractivity contribution < 1.29 is 14.3 Å². The molecule has 1 atom stereocenters. The van der Waals surface area contributed by atoms with Gasteiger partial charge in [-0.3, -0.25) is 14.5 Å². The maximum atomic E-state index is 13.6. The number of hydrogen-bond donors (Lipinski definition) is 0. The van der Waals surface area contributed by atoms with E-state index in [4.69, 9.17) is 9.72 Å². The van der Waals surface area contributed by atoms with Crippen molar-refractivity contribution in [3.8, 4) is 5.75 Å². The third kappa shape index (κ3) is 4.76. The summed E-state index contributed by atoms with van der Waals surface area (Å²) in [6.45, 7) is 4.15. The zero-order chi connectivity index (χ0) is 22.7. The molecule has 1 saturated heterocycles. The molecule has 0 aliphatic carbocycles. The van der Waals surface area contributed by atoms with Gasteiger partial charge in [0.25, 0.3) is 0 Å². The third-order valence-corrected chi connectivity index (χ3v) is 6.51. The van der Waals surface area contributed by atoms with Crippen molar-refractivity contribution in [2.75, 3.05) is 50.1 Å². The number of amides is 2. The Bertz CT molecular complexity index is 1100. The van der Waals surface area contributed by atoms with E-state index in [0.29, 0.717) is 31.4 Å². The summed E-state index contributed by atoms with van der Waals surface area (Å²) in [5.74, 6) is 0.326. The molecule has 1 fully saturated rings. The topological polar surface area (TPSA) is 66.0 Å². The molecular weight excluding hydrogens is 424 g/mol. The van der Waals surface area contributed by atoms with E-state index in [0.717, 1.165) is 21.7 Å². The van der Waals surface area contributed by atoms with E-state index in [1.807, 2.05) is 74.4 Å². The van der Waals surface area contributed by atoms with Gasteiger partial charge in [-0.1, -0.05) is 29.5 Å². The van der Waals surface area contributed by atoms with E-state index < -0.39 is 5.92 Å². The second kappa shape index (κ2) is 9.67. The highest BCUT2D eigenvalue weighted by Gasteiger charge is 2.38. The summed E-state index contributed by atoms with van der Waals surface area (Å²) in [5, 5.41) is 0.658. The molecule has 1 unspecified atom stereocenters. The molecular formula is C24H28N4O3S. The Kier molecular flexibility index (Phi) is 6.72. The highest BCUT2D eigenvalue weighted by atomic mass is 32.1. The van der Waals surface area contributed by atoms with Gasteiger partial charge in [-0.2, -0.15) is 0 Å². The van der Waals surface area contributed by atoms with Crippen molar-refractivity contribution in [1.82, 2.24) is 9.88 Å². The number of likely N-dealkylation sites (N-methyl/N-ethyl adjacent to an activating group) is 1. The number of nitrogens with zero attached hydrogens (tertiary/aromatic N) is 4. The van der Waals surface area contributed by atoms with Crippen LogP contribution in [0.1, 0.15) is 13.3 Å². The van der Waals surface area contributed by atoms with E-state index in [1.165, 1.54) is 11.3 Å². The van der Waals surface area contributed by atoms with E-state index in [9.17, 15) is 9.59 Å². The fraction of sp³-hybridized carbons (Fsp3) is 0.375. The number of carbonyl (C=O) groups excluding carboxylic acids is 2. The van der Waals surface area contributed by atoms with Gasteiger partial charge in [0.15, 0.2) is 5.13 Å². The molecule has 1 aromatic heterocycles. The average Bonchev–Trinajstić information content (AvgIpc) is 3.37. The number of aromatic nitrogens is 1. The molecule has 168 valence electrons. The van der Waals surface area contributed by atoms with Crippen LogP contribution < -0.4 is 14.5 Å². The van der Waals surface area contributed by atoms with Crippen LogP contribution in [0, 0.1) is 5.92 Å². The lowest BCUT2D eigenvalue weighted by atomic mass is 10.1. The van der Waals surface area contributed by atoms with Crippen LogP contribution in [-0.4, -0.2) is 62.0 Å². The lowest BCUT2D eigenvalue weighted by molar-refractivity contribution is -0.124. The molecule has 3 aromatic rings. The number of thiazole rings is 1. The fourth-order valence-electron chi connectivity index (χ4n) is 3.82. The number of ether oxygens (including phenoxy) is 1. The number of anilines is 2. The summed E-state index contributed by atoms with van der Waals surface area (Å²) in [6.07, 6.45) is 0.214. The Morgan fingerprint density at radius 3 is 2.69 bits per heavy atom. The fourth-order valence-corrected chi connectivity index (χ4v) is 4.84. The first-order valence-electron chi connectivity index (χ1n) is 10.8. The molecule has 2 aromatic carbocycles. The van der Waals surface area contributed by atoms with Crippen LogP contribution in [-0.2, 0) is 9.59 Å². The zero-order valence-electron chi connectivity index (χ0n) is 18.7. The average molecular weight is 453 g/mol. The minimum Gasteiger partial charge on any atom is -0.494 e. The zero-order valence-corrected chi connectivity index (χ0v) is 19.5. The van der Waals surface area contributed by atoms with Gasteiger partial charge in [0.2, 0.25) is 11.8 Å². The van der Waals surface area contributed by atoms with Crippen LogP contribution in [0.2, 0.25) is 0 Å². The van der Waals surface area contributed by atoms with Gasteiger partial charge in [0.1, 0.15) is 5.75 Å². The first-order chi connectivity index (χ1) is 15.5. The molecule has 0 saturated carbocycles. The van der Waals surface area contributed by atoms with E-state index in [1.54, 1.807) is 9.80 Å². The highest BCUT2D eigenvalue weighted by molar-refractivity contribution is 7.22. The third-order valence-electron chi connectivity index (χ3n) is 5.47. The molecule has 0 spiro atoms. The number of hydrogen-bond acceptors (Lipinski definition) is 6. The minimum absolute atomic E-state index is 0.0206. The number of rotatable bonds is 8. The van der Waals surface area contributed by atoms with Crippen LogP contribution in [0.3, 0.4) is 0 Å². The van der Waals surface area contributed by atoms with Gasteiger partial charge in [-0.05, 0) is 51.4 Å². The Hall–Kier alpha value is -2.97. The van der Waals surface area contributed by atoms with Crippen LogP contribution in [0.4, 0.5) is 10.8 Å². The first-order valence-corrected chi connectivity index (χ1v) is 11.6. The van der Waals surface area contributed by atoms with E-state index in [2.05, 4.69) is 0 Å². The van der Waals surface area contributed by atoms with Crippen molar-refractivity contribution in [2.24, 2.45) is 5.92 Å². The minimum atomic E-state index is -0.393. The second-order valence-corrected chi connectivity index (χ2v) is 9.10. The van der Waals surface area contributed by atoms with Gasteiger partial charge in [0.05, 0.1) is 22.7 Å². The SMILES string of the molecule is CCOc1ccc2nc(N(CCN(C)C)C(=O)C3CC(=O)N(c4ccccc4)C3)sc2c1. The summed E-state index contributed by atoms with van der Waals surface area (Å²) in [6, 6.07) is 15.3. The van der Waals surface area contributed by atoms with Crippen LogP contribution in [0.5, 0.6) is 5.75 Å². The van der Waals surface area contributed by atoms with Gasteiger partial charge < -0.3 is 14.5 Å². The van der Waals surface area contributed by atoms with Crippen molar-refractivity contribution in [2.45, 2.75) is 13.3 Å². The molecule has 32 heavy (non-hydrogen) atoms. The molecule has 0 radical (unpaired) electrons. The molecule has 1 aliphatic heterocycles. The largest absolute Gasteiger partial charge is 0.494 e. The highest BCUT2D eigenvalue weighted by Crippen LogP contribution is 2.34. The maximum absolute atomic E-state index is 13.6. The number of para-hydroxylation sites is 1. The summed E-state index contributed by atoms with van der Waals surface area (Å²) in [5.41, 5.74) is 1.67. The molecule has 7 nitrogen and oxygen atoms in total. The molecule has 2 amide bonds. The monoisotopic (exact) mass is 452 g/mol. The van der Waals surface area contributed by atoms with Crippen molar-refractivity contribution in [3.63, 3.8) is 0 Å². The van der Waals surface area contributed by atoms with E-state index >= 15 is 0 Å². The Morgan fingerprint density at radius 1 is 1.19 bits per heavy atom. The predicted octanol–water partition coefficient (Wildman–Crippen LogP) is 3.64. The Balaban J connectivity index is 1.59. The van der Waals surface area contributed by atoms with Crippen LogP contribution in [0.25, 0.3) is 10.2 Å². The molecule has 0 bridgehead atoms. The van der Waals surface area contributed by atoms with Gasteiger partial charge in [-0.15, -0.1) is 0 Å². The Morgan fingerprint density at radius 2 is 1.97 bits per heavy atom. The lowest BCUT2D eigenvalue weighted by Gasteiger charge is -2.24. The molecule has 2 heterocycles. The lowest BCUT2D eigenvalue weighted by Crippen LogP contribution is -2.41. The smallest absolute Gasteiger partial charge is 0.234 e. The van der Waals surface area contributed by atoms with Gasteiger partial charge in [0, 0.05) is 31.7 Å². The standard InChI is InChI=1S/C24H28N4O3S/c1-4-31-19-10-11-20-21(15-19)32-24(25-20)27(13-12-26(2)3)23(30)17-14-22(29)28(16-17)18-8-6-5-7-9-18/h5-11,15,17H,4,12-14,16H2,1-3H3. The quantitative estimate of drug-likeness (QED) is 0.522. The van der Waals surface area contributed by atoms with Crippen molar-refractivity contribution >= 4 is 44.2 Å². The molecule has 4 rings (SSSR count). The first kappa shape index (κ1) is 22.2. The van der Waals surface area contributed by atoms with Gasteiger partial charge >= 0.3 is 0 Å². The van der Waals surface area contributed by atoms with E-state index in [-0.39, 0.29) is 18.2 Å². The summed E-state index contributed by atoms with van der Waals surface area (Å²) in [4.78, 5) is 36.5. The molecule has 0 N–H and O–H groups in total. The van der Waals surface area contributed by atoms with Gasteiger partial charge in [-0.25, -0.2) is 4.98 Å². The Labute approximate surface area is 192 Å². The summed E-state index contributed by atoms with van der Waals surface area (Å²) < 4.78 is 6.58. The van der Waals surface area contributed by atoms with Crippen molar-refractivity contribution in [1.29, 1.82) is 0 Å². The predicted molar refractivity (Wildman–Crippen MR) is 129 cm³/mol. The van der Waals surface area contributed by atoms with Crippen LogP contribution in [0.15, 0.2) is 48.5 Å². The summed E-state index contributed by atoms with van der Waals surface area (Å²) >= 11 is 1.48. The maximum Gasteiger partial charge on any atom is 0.234 e. The molecule has 1 aliphatic rings. The molecule has 8 heteroatoms. The normalized spacial score (nSPS) is 16.2.